The number of hydrogen-bond acceptors (Lipinski definition) is 3. The molecular weight excluding hydrogens is 364 g/mol. The van der Waals surface area contributed by atoms with Gasteiger partial charge in [-0.1, -0.05) is 20.8 Å². The minimum absolute atomic E-state index is 0.0462. The SMILES string of the molecule is CCC(CC)C(=O)N(Cc1cc(NC(=O)NC(C)C)ccc1N(C)C)[C@H](C)CC. The Bertz CT molecular complexity index is 669. The van der Waals surface area contributed by atoms with E-state index in [9.17, 15) is 9.59 Å². The monoisotopic (exact) mass is 404 g/mol. The molecule has 6 heteroatoms. The lowest BCUT2D eigenvalue weighted by atomic mass is 9.99. The zero-order valence-corrected chi connectivity index (χ0v) is 19.5. The molecule has 0 saturated heterocycles. The highest BCUT2D eigenvalue weighted by Crippen LogP contribution is 2.27. The van der Waals surface area contributed by atoms with Crippen LogP contribution in [0.25, 0.3) is 0 Å². The van der Waals surface area contributed by atoms with Gasteiger partial charge in [0.15, 0.2) is 0 Å². The van der Waals surface area contributed by atoms with Crippen LogP contribution in [0.2, 0.25) is 0 Å². The fourth-order valence-corrected chi connectivity index (χ4v) is 3.38. The van der Waals surface area contributed by atoms with Crippen LogP contribution in [-0.4, -0.2) is 43.0 Å². The van der Waals surface area contributed by atoms with Gasteiger partial charge in [-0.3, -0.25) is 4.79 Å². The number of benzene rings is 1. The Morgan fingerprint density at radius 1 is 1.00 bits per heavy atom. The first-order valence-electron chi connectivity index (χ1n) is 10.8. The van der Waals surface area contributed by atoms with Gasteiger partial charge in [0.25, 0.3) is 0 Å². The van der Waals surface area contributed by atoms with Crippen LogP contribution in [0.5, 0.6) is 0 Å². The second-order valence-electron chi connectivity index (χ2n) is 8.23. The average Bonchev–Trinajstić information content (AvgIpc) is 2.65. The maximum absolute atomic E-state index is 13.2. The van der Waals surface area contributed by atoms with E-state index >= 15 is 0 Å². The van der Waals surface area contributed by atoms with Crippen molar-refractivity contribution in [2.75, 3.05) is 24.3 Å². The van der Waals surface area contributed by atoms with Crippen LogP contribution >= 0.6 is 0 Å². The van der Waals surface area contributed by atoms with Gasteiger partial charge < -0.3 is 20.4 Å². The highest BCUT2D eigenvalue weighted by Gasteiger charge is 2.26. The average molecular weight is 405 g/mol. The Kier molecular flexibility index (Phi) is 9.99. The molecule has 1 rings (SSSR count). The zero-order valence-electron chi connectivity index (χ0n) is 19.5. The van der Waals surface area contributed by atoms with E-state index in [1.165, 1.54) is 0 Å². The van der Waals surface area contributed by atoms with Crippen LogP contribution in [0.3, 0.4) is 0 Å². The molecule has 1 aromatic rings. The van der Waals surface area contributed by atoms with Gasteiger partial charge in [0, 0.05) is 50.0 Å². The summed E-state index contributed by atoms with van der Waals surface area (Å²) in [6, 6.07) is 5.86. The molecule has 3 amide bonds. The quantitative estimate of drug-likeness (QED) is 0.586. The van der Waals surface area contributed by atoms with E-state index in [2.05, 4.69) is 38.3 Å². The van der Waals surface area contributed by atoms with Crippen molar-refractivity contribution in [2.24, 2.45) is 5.92 Å². The van der Waals surface area contributed by atoms with Gasteiger partial charge in [0.2, 0.25) is 5.91 Å². The van der Waals surface area contributed by atoms with Crippen molar-refractivity contribution in [1.29, 1.82) is 0 Å². The van der Waals surface area contributed by atoms with Gasteiger partial charge in [-0.25, -0.2) is 4.79 Å². The van der Waals surface area contributed by atoms with E-state index in [1.54, 1.807) is 0 Å². The Hall–Kier alpha value is -2.24. The van der Waals surface area contributed by atoms with Crippen LogP contribution in [-0.2, 0) is 11.3 Å². The number of anilines is 2. The van der Waals surface area contributed by atoms with Gasteiger partial charge in [0.05, 0.1) is 0 Å². The van der Waals surface area contributed by atoms with Crippen LogP contribution in [0.1, 0.15) is 66.4 Å². The molecule has 0 unspecified atom stereocenters. The summed E-state index contributed by atoms with van der Waals surface area (Å²) in [4.78, 5) is 29.4. The van der Waals surface area contributed by atoms with Crippen molar-refractivity contribution in [1.82, 2.24) is 10.2 Å². The third kappa shape index (κ3) is 7.26. The van der Waals surface area contributed by atoms with E-state index in [-0.39, 0.29) is 29.9 Å². The minimum Gasteiger partial charge on any atom is -0.377 e. The summed E-state index contributed by atoms with van der Waals surface area (Å²) >= 11 is 0. The summed E-state index contributed by atoms with van der Waals surface area (Å²) in [5, 5.41) is 5.74. The smallest absolute Gasteiger partial charge is 0.319 e. The second-order valence-corrected chi connectivity index (χ2v) is 8.23. The molecule has 0 aliphatic carbocycles. The largest absolute Gasteiger partial charge is 0.377 e. The fourth-order valence-electron chi connectivity index (χ4n) is 3.38. The van der Waals surface area contributed by atoms with E-state index in [0.717, 1.165) is 36.2 Å². The molecule has 0 fully saturated rings. The highest BCUT2D eigenvalue weighted by atomic mass is 16.2. The Morgan fingerprint density at radius 2 is 1.62 bits per heavy atom. The predicted molar refractivity (Wildman–Crippen MR) is 122 cm³/mol. The summed E-state index contributed by atoms with van der Waals surface area (Å²) < 4.78 is 0. The molecule has 6 nitrogen and oxygen atoms in total. The maximum atomic E-state index is 13.2. The van der Waals surface area contributed by atoms with Gasteiger partial charge in [-0.05, 0) is 63.8 Å². The topological polar surface area (TPSA) is 64.7 Å². The molecule has 2 N–H and O–H groups in total. The number of amides is 3. The molecule has 164 valence electrons. The molecule has 29 heavy (non-hydrogen) atoms. The van der Waals surface area contributed by atoms with Crippen LogP contribution in [0.15, 0.2) is 18.2 Å². The van der Waals surface area contributed by atoms with Crippen LogP contribution in [0, 0.1) is 5.92 Å². The van der Waals surface area contributed by atoms with Crippen molar-refractivity contribution in [3.05, 3.63) is 23.8 Å². The van der Waals surface area contributed by atoms with E-state index in [1.807, 2.05) is 55.9 Å². The molecule has 0 aromatic heterocycles. The molecule has 0 aliphatic rings. The second kappa shape index (κ2) is 11.7. The first-order valence-corrected chi connectivity index (χ1v) is 10.8. The summed E-state index contributed by atoms with van der Waals surface area (Å²) in [5.74, 6) is 0.259. The number of hydrogen-bond donors (Lipinski definition) is 2. The van der Waals surface area contributed by atoms with Gasteiger partial charge in [-0.15, -0.1) is 0 Å². The van der Waals surface area contributed by atoms with E-state index < -0.39 is 0 Å². The van der Waals surface area contributed by atoms with Crippen LogP contribution < -0.4 is 15.5 Å². The predicted octanol–water partition coefficient (Wildman–Crippen LogP) is 4.85. The molecular formula is C23H40N4O2. The number of carbonyl (C=O) groups is 2. The van der Waals surface area contributed by atoms with Crippen molar-refractivity contribution in [3.8, 4) is 0 Å². The highest BCUT2D eigenvalue weighted by molar-refractivity contribution is 5.90. The van der Waals surface area contributed by atoms with Gasteiger partial charge in [0.1, 0.15) is 0 Å². The Balaban J connectivity index is 3.23. The lowest BCUT2D eigenvalue weighted by Crippen LogP contribution is -2.41. The van der Waals surface area contributed by atoms with E-state index in [0.29, 0.717) is 6.54 Å². The molecule has 1 aromatic carbocycles. The Labute approximate surface area is 177 Å². The molecule has 0 radical (unpaired) electrons. The molecule has 1 atom stereocenters. The Morgan fingerprint density at radius 3 is 2.10 bits per heavy atom. The molecule has 0 saturated carbocycles. The van der Waals surface area contributed by atoms with Crippen molar-refractivity contribution in [3.63, 3.8) is 0 Å². The number of carbonyl (C=O) groups excluding carboxylic acids is 2. The summed E-state index contributed by atoms with van der Waals surface area (Å²) in [6.45, 7) is 12.7. The fraction of sp³-hybridized carbons (Fsp3) is 0.652. The summed E-state index contributed by atoms with van der Waals surface area (Å²) in [7, 11) is 3.99. The third-order valence-corrected chi connectivity index (χ3v) is 5.32. The third-order valence-electron chi connectivity index (χ3n) is 5.32. The number of rotatable bonds is 10. The minimum atomic E-state index is -0.226. The van der Waals surface area contributed by atoms with Gasteiger partial charge >= 0.3 is 6.03 Å². The van der Waals surface area contributed by atoms with Crippen LogP contribution in [0.4, 0.5) is 16.2 Å². The lowest BCUT2D eigenvalue weighted by molar-refractivity contribution is -0.138. The number of nitrogens with one attached hydrogen (secondary N) is 2. The number of urea groups is 1. The van der Waals surface area contributed by atoms with Crippen molar-refractivity contribution < 1.29 is 9.59 Å². The van der Waals surface area contributed by atoms with Gasteiger partial charge in [-0.2, -0.15) is 0 Å². The van der Waals surface area contributed by atoms with Crippen molar-refractivity contribution in [2.45, 2.75) is 79.4 Å². The van der Waals surface area contributed by atoms with E-state index in [4.69, 9.17) is 0 Å². The lowest BCUT2D eigenvalue weighted by Gasteiger charge is -2.33. The molecule has 0 spiro atoms. The first kappa shape index (κ1) is 24.8. The molecule has 0 heterocycles. The number of nitrogens with zero attached hydrogens (tertiary/aromatic N) is 2. The summed E-state index contributed by atoms with van der Waals surface area (Å²) in [6.07, 6.45) is 2.59. The molecule has 0 bridgehead atoms. The maximum Gasteiger partial charge on any atom is 0.319 e. The normalized spacial score (nSPS) is 12.1. The standard InChI is InChI=1S/C23H40N4O2/c1-9-17(6)27(22(28)18(10-2)11-3)15-19-14-20(12-13-21(19)26(7)8)25-23(29)24-16(4)5/h12-14,16-18H,9-11,15H2,1-8H3,(H2,24,25,29)/t17-/m1/s1. The summed E-state index contributed by atoms with van der Waals surface area (Å²) in [5.41, 5.74) is 2.80. The zero-order chi connectivity index (χ0) is 22.1. The molecule has 0 aliphatic heterocycles. The first-order chi connectivity index (χ1) is 13.6. The van der Waals surface area contributed by atoms with Crippen molar-refractivity contribution >= 4 is 23.3 Å².